The quantitative estimate of drug-likeness (QED) is 0.354. The number of nitrogens with zero attached hydrogens (tertiary/aromatic N) is 4. The zero-order valence-electron chi connectivity index (χ0n) is 26.4. The van der Waals surface area contributed by atoms with Gasteiger partial charge in [0.05, 0.1) is 8.95 Å². The molecule has 10 nitrogen and oxygen atoms in total. The number of phenols is 1. The minimum Gasteiger partial charge on any atom is -0.506 e. The molecule has 46 heavy (non-hydrogen) atoms. The average molecular weight is 761 g/mol. The van der Waals surface area contributed by atoms with Crippen molar-refractivity contribution < 1.29 is 19.5 Å². The number of anilines is 1. The molecule has 0 bridgehead atoms. The van der Waals surface area contributed by atoms with Gasteiger partial charge in [-0.05, 0) is 132 Å². The van der Waals surface area contributed by atoms with E-state index >= 15 is 0 Å². The van der Waals surface area contributed by atoms with Crippen LogP contribution < -0.4 is 10.6 Å². The molecule has 4 heterocycles. The maximum absolute atomic E-state index is 14.0. The molecule has 6 rings (SSSR count). The van der Waals surface area contributed by atoms with E-state index in [9.17, 15) is 19.5 Å². The molecule has 0 aliphatic carbocycles. The van der Waals surface area contributed by atoms with Gasteiger partial charge in [-0.2, -0.15) is 0 Å². The van der Waals surface area contributed by atoms with Gasteiger partial charge in [-0.3, -0.25) is 4.79 Å². The third-order valence-electron chi connectivity index (χ3n) is 10.4. The Morgan fingerprint density at radius 3 is 2.15 bits per heavy atom. The van der Waals surface area contributed by atoms with Crippen LogP contribution in [0.3, 0.4) is 0 Å². The Hall–Kier alpha value is -2.83. The molecule has 3 fully saturated rings. The second-order valence-corrected chi connectivity index (χ2v) is 15.1. The van der Waals surface area contributed by atoms with Crippen LogP contribution in [0.4, 0.5) is 15.3 Å². The second kappa shape index (κ2) is 14.5. The first kappa shape index (κ1) is 33.1. The van der Waals surface area contributed by atoms with Crippen molar-refractivity contribution in [3.05, 3.63) is 56.5 Å². The van der Waals surface area contributed by atoms with Gasteiger partial charge in [-0.1, -0.05) is 18.2 Å². The number of phenolic OH excluding ortho intramolecular Hbond substituents is 1. The maximum atomic E-state index is 14.0. The van der Waals surface area contributed by atoms with Crippen LogP contribution in [-0.4, -0.2) is 101 Å². The summed E-state index contributed by atoms with van der Waals surface area (Å²) in [6.45, 7) is 5.26. The van der Waals surface area contributed by atoms with Crippen molar-refractivity contribution in [1.82, 2.24) is 24.9 Å². The number of likely N-dealkylation sites (tertiary alicyclic amines) is 3. The number of carbonyl (C=O) groups is 3. The van der Waals surface area contributed by atoms with Crippen molar-refractivity contribution in [2.24, 2.45) is 11.8 Å². The summed E-state index contributed by atoms with van der Waals surface area (Å²) in [7, 11) is 2.19. The van der Waals surface area contributed by atoms with Crippen molar-refractivity contribution in [2.75, 3.05) is 51.6 Å². The van der Waals surface area contributed by atoms with Gasteiger partial charge in [0.1, 0.15) is 11.8 Å². The number of hydrogen-bond donors (Lipinski definition) is 3. The smallest absolute Gasteiger partial charge is 0.322 e. The van der Waals surface area contributed by atoms with Gasteiger partial charge in [0, 0.05) is 50.9 Å². The van der Waals surface area contributed by atoms with Crippen molar-refractivity contribution in [2.45, 2.75) is 63.6 Å². The lowest BCUT2D eigenvalue weighted by molar-refractivity contribution is -0.135. The molecular weight excluding hydrogens is 716 g/mol. The van der Waals surface area contributed by atoms with Crippen LogP contribution in [0.5, 0.6) is 5.75 Å². The summed E-state index contributed by atoms with van der Waals surface area (Å²) in [5.41, 5.74) is 2.77. The summed E-state index contributed by atoms with van der Waals surface area (Å²) < 4.78 is 1.06. The van der Waals surface area contributed by atoms with Crippen molar-refractivity contribution in [1.29, 1.82) is 0 Å². The number of nitrogens with one attached hydrogen (secondary N) is 2. The van der Waals surface area contributed by atoms with Crippen LogP contribution in [0.25, 0.3) is 0 Å². The summed E-state index contributed by atoms with van der Waals surface area (Å²) in [5, 5.41) is 16.3. The predicted octanol–water partition coefficient (Wildman–Crippen LogP) is 5.63. The zero-order chi connectivity index (χ0) is 32.4. The third-order valence-corrected chi connectivity index (χ3v) is 11.7. The van der Waals surface area contributed by atoms with Crippen LogP contribution in [0.1, 0.15) is 49.7 Å². The highest BCUT2D eigenvalue weighted by Gasteiger charge is 2.36. The van der Waals surface area contributed by atoms with Crippen LogP contribution >= 0.6 is 31.9 Å². The van der Waals surface area contributed by atoms with E-state index in [1.807, 2.05) is 34.1 Å². The highest BCUT2D eigenvalue weighted by Crippen LogP contribution is 2.35. The van der Waals surface area contributed by atoms with Crippen LogP contribution in [-0.2, 0) is 17.8 Å². The second-order valence-electron chi connectivity index (χ2n) is 13.4. The summed E-state index contributed by atoms with van der Waals surface area (Å²) >= 11 is 6.81. The molecule has 248 valence electrons. The van der Waals surface area contributed by atoms with E-state index in [1.165, 1.54) is 12.8 Å². The number of piperidine rings is 3. The van der Waals surface area contributed by atoms with Crippen LogP contribution in [0.2, 0.25) is 0 Å². The van der Waals surface area contributed by atoms with Crippen molar-refractivity contribution in [3.63, 3.8) is 0 Å². The number of hydrogen-bond acceptors (Lipinski definition) is 5. The molecule has 3 saturated heterocycles. The SMILES string of the molecule is CN1CCC(C2CCN(C(=O)[C@@H](Cc3cc(Br)c(O)c(Br)c3)NC(=O)N3CCC(N4Cc5ccccc5NC4=O)CC3)CC2)CC1. The van der Waals surface area contributed by atoms with Gasteiger partial charge >= 0.3 is 12.1 Å². The van der Waals surface area contributed by atoms with Gasteiger partial charge in [0.25, 0.3) is 0 Å². The number of amides is 5. The Morgan fingerprint density at radius 2 is 1.50 bits per heavy atom. The molecule has 1 atom stereocenters. The standard InChI is InChI=1S/C34H44Br2N6O4/c1-39-12-6-23(7-13-39)24-8-14-40(15-9-24)32(44)30(20-22-18-27(35)31(43)28(36)19-22)38-33(45)41-16-10-26(11-17-41)42-21-25-4-2-3-5-29(25)37-34(42)46/h2-5,18-19,23-24,26,30,43H,6-17,20-21H2,1H3,(H,37,46)(H,38,45)/t30-/m1/s1. The Morgan fingerprint density at radius 1 is 0.913 bits per heavy atom. The number of halogens is 2. The van der Waals surface area contributed by atoms with E-state index in [1.54, 1.807) is 17.0 Å². The minimum absolute atomic E-state index is 0.0346. The molecule has 0 aromatic heterocycles. The lowest BCUT2D eigenvalue weighted by atomic mass is 9.79. The normalized spacial score (nSPS) is 21.1. The van der Waals surface area contributed by atoms with Gasteiger partial charge in [0.15, 0.2) is 0 Å². The minimum atomic E-state index is -0.738. The molecular formula is C34H44Br2N6O4. The van der Waals surface area contributed by atoms with E-state index in [0.717, 1.165) is 48.7 Å². The molecule has 4 aliphatic rings. The van der Waals surface area contributed by atoms with E-state index in [-0.39, 0.29) is 29.8 Å². The number of para-hydroxylation sites is 1. The molecule has 3 N–H and O–H groups in total. The lowest BCUT2D eigenvalue weighted by Gasteiger charge is -2.41. The van der Waals surface area contributed by atoms with Gasteiger partial charge < -0.3 is 35.3 Å². The lowest BCUT2D eigenvalue weighted by Crippen LogP contribution is -2.57. The number of fused-ring (bicyclic) bond motifs is 1. The molecule has 0 saturated carbocycles. The largest absolute Gasteiger partial charge is 0.506 e. The average Bonchev–Trinajstić information content (AvgIpc) is 3.06. The Kier molecular flexibility index (Phi) is 10.4. The van der Waals surface area contributed by atoms with Crippen LogP contribution in [0.15, 0.2) is 45.3 Å². The fourth-order valence-electron chi connectivity index (χ4n) is 7.62. The molecule has 4 aliphatic heterocycles. The third kappa shape index (κ3) is 7.49. The van der Waals surface area contributed by atoms with Gasteiger partial charge in [-0.15, -0.1) is 0 Å². The Labute approximate surface area is 288 Å². The first-order chi connectivity index (χ1) is 22.2. The van der Waals surface area contributed by atoms with Gasteiger partial charge in [-0.25, -0.2) is 9.59 Å². The summed E-state index contributed by atoms with van der Waals surface area (Å²) in [5.74, 6) is 1.41. The monoisotopic (exact) mass is 758 g/mol. The summed E-state index contributed by atoms with van der Waals surface area (Å²) in [6, 6.07) is 10.4. The summed E-state index contributed by atoms with van der Waals surface area (Å²) in [4.78, 5) is 48.5. The van der Waals surface area contributed by atoms with Crippen molar-refractivity contribution >= 4 is 55.5 Å². The molecule has 0 radical (unpaired) electrons. The molecule has 2 aromatic carbocycles. The summed E-state index contributed by atoms with van der Waals surface area (Å²) in [6.07, 6.45) is 6.10. The molecule has 0 unspecified atom stereocenters. The first-order valence-electron chi connectivity index (χ1n) is 16.5. The van der Waals surface area contributed by atoms with Crippen LogP contribution in [0, 0.1) is 11.8 Å². The number of carbonyl (C=O) groups excluding carboxylic acids is 3. The van der Waals surface area contributed by atoms with E-state index in [0.29, 0.717) is 66.8 Å². The first-order valence-corrected chi connectivity index (χ1v) is 18.1. The molecule has 2 aromatic rings. The fraction of sp³-hybridized carbons (Fsp3) is 0.559. The Balaban J connectivity index is 1.09. The highest BCUT2D eigenvalue weighted by molar-refractivity contribution is 9.11. The van der Waals surface area contributed by atoms with E-state index in [4.69, 9.17) is 0 Å². The molecule has 12 heteroatoms. The number of urea groups is 2. The fourth-order valence-corrected chi connectivity index (χ4v) is 8.90. The highest BCUT2D eigenvalue weighted by atomic mass is 79.9. The maximum Gasteiger partial charge on any atom is 0.322 e. The van der Waals surface area contributed by atoms with Gasteiger partial charge in [0.2, 0.25) is 5.91 Å². The zero-order valence-corrected chi connectivity index (χ0v) is 29.6. The number of benzene rings is 2. The Bertz CT molecular complexity index is 1410. The number of aromatic hydroxyl groups is 1. The topological polar surface area (TPSA) is 108 Å². The van der Waals surface area contributed by atoms with E-state index in [2.05, 4.69) is 54.4 Å². The molecule has 5 amide bonds. The van der Waals surface area contributed by atoms with E-state index < -0.39 is 6.04 Å². The predicted molar refractivity (Wildman–Crippen MR) is 185 cm³/mol. The number of rotatable bonds is 6. The van der Waals surface area contributed by atoms with Crippen molar-refractivity contribution in [3.8, 4) is 5.75 Å². The molecule has 0 spiro atoms.